The fourth-order valence-electron chi connectivity index (χ4n) is 1.59. The lowest BCUT2D eigenvalue weighted by Crippen LogP contribution is -2.35. The van der Waals surface area contributed by atoms with Crippen molar-refractivity contribution in [2.45, 2.75) is 13.8 Å². The predicted molar refractivity (Wildman–Crippen MR) is 71.3 cm³/mol. The van der Waals surface area contributed by atoms with E-state index < -0.39 is 0 Å². The minimum absolute atomic E-state index is 0.154. The van der Waals surface area contributed by atoms with Crippen molar-refractivity contribution in [1.29, 1.82) is 0 Å². The highest BCUT2D eigenvalue weighted by molar-refractivity contribution is 5.89. The number of hydrogen-bond acceptors (Lipinski definition) is 2. The molecule has 0 saturated heterocycles. The van der Waals surface area contributed by atoms with Gasteiger partial charge in [-0.05, 0) is 44.1 Å². The number of urea groups is 1. The van der Waals surface area contributed by atoms with Crippen LogP contribution in [0.15, 0.2) is 24.3 Å². The minimum atomic E-state index is -0.154. The molecule has 94 valence electrons. The van der Waals surface area contributed by atoms with Crippen molar-refractivity contribution in [1.82, 2.24) is 10.6 Å². The van der Waals surface area contributed by atoms with Crippen LogP contribution in [0.2, 0.25) is 0 Å². The van der Waals surface area contributed by atoms with Gasteiger partial charge in [0, 0.05) is 12.2 Å². The lowest BCUT2D eigenvalue weighted by atomic mass is 10.2. The lowest BCUT2D eigenvalue weighted by Gasteiger charge is -2.12. The molecule has 0 saturated carbocycles. The normalized spacial score (nSPS) is 11.9. The van der Waals surface area contributed by atoms with E-state index in [1.54, 1.807) is 0 Å². The van der Waals surface area contributed by atoms with Gasteiger partial charge in [-0.25, -0.2) is 4.79 Å². The SMILES string of the molecule is CNCC(C)CNC(=O)Nc1cccc(C)c1. The van der Waals surface area contributed by atoms with Crippen molar-refractivity contribution in [2.24, 2.45) is 5.92 Å². The quantitative estimate of drug-likeness (QED) is 0.731. The Hall–Kier alpha value is -1.55. The Labute approximate surface area is 103 Å². The topological polar surface area (TPSA) is 53.2 Å². The number of carbonyl (C=O) groups excluding carboxylic acids is 1. The van der Waals surface area contributed by atoms with Gasteiger partial charge in [0.15, 0.2) is 0 Å². The van der Waals surface area contributed by atoms with Gasteiger partial charge >= 0.3 is 6.03 Å². The van der Waals surface area contributed by atoms with Crippen LogP contribution in [0.4, 0.5) is 10.5 Å². The third-order valence-corrected chi connectivity index (χ3v) is 2.44. The van der Waals surface area contributed by atoms with Gasteiger partial charge in [-0.1, -0.05) is 19.1 Å². The Morgan fingerprint density at radius 2 is 2.12 bits per heavy atom. The van der Waals surface area contributed by atoms with Crippen molar-refractivity contribution in [3.8, 4) is 0 Å². The number of carbonyl (C=O) groups is 1. The standard InChI is InChI=1S/C13H21N3O/c1-10-5-4-6-12(7-10)16-13(17)15-9-11(2)8-14-3/h4-7,11,14H,8-9H2,1-3H3,(H2,15,16,17). The molecule has 0 aromatic heterocycles. The van der Waals surface area contributed by atoms with Gasteiger partial charge in [-0.3, -0.25) is 0 Å². The molecule has 0 heterocycles. The number of aryl methyl sites for hydroxylation is 1. The van der Waals surface area contributed by atoms with Gasteiger partial charge in [-0.15, -0.1) is 0 Å². The first-order valence-corrected chi connectivity index (χ1v) is 5.88. The lowest BCUT2D eigenvalue weighted by molar-refractivity contribution is 0.250. The summed E-state index contributed by atoms with van der Waals surface area (Å²) in [5, 5.41) is 8.73. The molecule has 1 aromatic rings. The first kappa shape index (κ1) is 13.5. The smallest absolute Gasteiger partial charge is 0.319 e. The van der Waals surface area contributed by atoms with Crippen LogP contribution in [-0.4, -0.2) is 26.2 Å². The van der Waals surface area contributed by atoms with Gasteiger partial charge in [0.1, 0.15) is 0 Å². The highest BCUT2D eigenvalue weighted by Crippen LogP contribution is 2.08. The number of benzene rings is 1. The Kier molecular flexibility index (Phi) is 5.49. The molecule has 0 fully saturated rings. The summed E-state index contributed by atoms with van der Waals surface area (Å²) in [6, 6.07) is 7.59. The third kappa shape index (κ3) is 5.36. The highest BCUT2D eigenvalue weighted by atomic mass is 16.2. The molecule has 1 rings (SSSR count). The van der Waals surface area contributed by atoms with E-state index in [1.807, 2.05) is 38.2 Å². The van der Waals surface area contributed by atoms with Crippen LogP contribution < -0.4 is 16.0 Å². The van der Waals surface area contributed by atoms with Crippen LogP contribution in [-0.2, 0) is 0 Å². The Morgan fingerprint density at radius 3 is 2.76 bits per heavy atom. The van der Waals surface area contributed by atoms with E-state index >= 15 is 0 Å². The van der Waals surface area contributed by atoms with Crippen LogP contribution in [0.5, 0.6) is 0 Å². The molecular weight excluding hydrogens is 214 g/mol. The largest absolute Gasteiger partial charge is 0.338 e. The summed E-state index contributed by atoms with van der Waals surface area (Å²) in [4.78, 5) is 11.6. The Morgan fingerprint density at radius 1 is 1.35 bits per heavy atom. The molecule has 1 aromatic carbocycles. The first-order chi connectivity index (χ1) is 8.11. The molecule has 0 aliphatic heterocycles. The minimum Gasteiger partial charge on any atom is -0.338 e. The Balaban J connectivity index is 2.34. The molecular formula is C13H21N3O. The number of nitrogens with one attached hydrogen (secondary N) is 3. The van der Waals surface area contributed by atoms with Crippen LogP contribution in [0, 0.1) is 12.8 Å². The van der Waals surface area contributed by atoms with Crippen molar-refractivity contribution in [3.63, 3.8) is 0 Å². The molecule has 0 bridgehead atoms. The second kappa shape index (κ2) is 6.91. The number of rotatable bonds is 5. The number of anilines is 1. The summed E-state index contributed by atoms with van der Waals surface area (Å²) in [5.74, 6) is 0.420. The van der Waals surface area contributed by atoms with Crippen molar-refractivity contribution < 1.29 is 4.79 Å². The zero-order chi connectivity index (χ0) is 12.7. The van der Waals surface area contributed by atoms with Gasteiger partial charge in [0.2, 0.25) is 0 Å². The van der Waals surface area contributed by atoms with E-state index in [0.29, 0.717) is 12.5 Å². The third-order valence-electron chi connectivity index (χ3n) is 2.44. The molecule has 4 heteroatoms. The summed E-state index contributed by atoms with van der Waals surface area (Å²) >= 11 is 0. The van der Waals surface area contributed by atoms with Gasteiger partial charge in [0.25, 0.3) is 0 Å². The monoisotopic (exact) mass is 235 g/mol. The molecule has 17 heavy (non-hydrogen) atoms. The molecule has 1 unspecified atom stereocenters. The van der Waals surface area contributed by atoms with Crippen molar-refractivity contribution >= 4 is 11.7 Å². The summed E-state index contributed by atoms with van der Waals surface area (Å²) in [7, 11) is 1.91. The Bertz CT molecular complexity index is 365. The van der Waals surface area contributed by atoms with Crippen LogP contribution in [0.3, 0.4) is 0 Å². The summed E-state index contributed by atoms with van der Waals surface area (Å²) < 4.78 is 0. The van der Waals surface area contributed by atoms with Gasteiger partial charge < -0.3 is 16.0 Å². The fourth-order valence-corrected chi connectivity index (χ4v) is 1.59. The van der Waals surface area contributed by atoms with E-state index in [-0.39, 0.29) is 6.03 Å². The maximum absolute atomic E-state index is 11.6. The zero-order valence-electron chi connectivity index (χ0n) is 10.7. The van der Waals surface area contributed by atoms with Crippen molar-refractivity contribution in [3.05, 3.63) is 29.8 Å². The molecule has 2 amide bonds. The average molecular weight is 235 g/mol. The first-order valence-electron chi connectivity index (χ1n) is 5.88. The summed E-state index contributed by atoms with van der Waals surface area (Å²) in [6.45, 7) is 5.64. The van der Waals surface area contributed by atoms with E-state index in [2.05, 4.69) is 22.9 Å². The fraction of sp³-hybridized carbons (Fsp3) is 0.462. The number of amides is 2. The molecule has 0 aliphatic rings. The maximum Gasteiger partial charge on any atom is 0.319 e. The van der Waals surface area contributed by atoms with E-state index in [1.165, 1.54) is 0 Å². The molecule has 4 nitrogen and oxygen atoms in total. The van der Waals surface area contributed by atoms with Crippen molar-refractivity contribution in [2.75, 3.05) is 25.5 Å². The number of hydrogen-bond donors (Lipinski definition) is 3. The second-order valence-corrected chi connectivity index (χ2v) is 4.37. The van der Waals surface area contributed by atoms with Crippen LogP contribution in [0.1, 0.15) is 12.5 Å². The van der Waals surface area contributed by atoms with E-state index in [4.69, 9.17) is 0 Å². The zero-order valence-corrected chi connectivity index (χ0v) is 10.7. The van der Waals surface area contributed by atoms with E-state index in [9.17, 15) is 4.79 Å². The predicted octanol–water partition coefficient (Wildman–Crippen LogP) is 1.97. The van der Waals surface area contributed by atoms with Crippen LogP contribution in [0.25, 0.3) is 0 Å². The second-order valence-electron chi connectivity index (χ2n) is 4.37. The van der Waals surface area contributed by atoms with Gasteiger partial charge in [-0.2, -0.15) is 0 Å². The molecule has 0 radical (unpaired) electrons. The highest BCUT2D eigenvalue weighted by Gasteiger charge is 2.04. The maximum atomic E-state index is 11.6. The van der Waals surface area contributed by atoms with Crippen LogP contribution >= 0.6 is 0 Å². The molecule has 0 aliphatic carbocycles. The van der Waals surface area contributed by atoms with E-state index in [0.717, 1.165) is 17.8 Å². The molecule has 0 spiro atoms. The average Bonchev–Trinajstić information content (AvgIpc) is 2.27. The summed E-state index contributed by atoms with van der Waals surface area (Å²) in [5.41, 5.74) is 1.95. The summed E-state index contributed by atoms with van der Waals surface area (Å²) in [6.07, 6.45) is 0. The molecule has 1 atom stereocenters. The van der Waals surface area contributed by atoms with Gasteiger partial charge in [0.05, 0.1) is 0 Å². The molecule has 3 N–H and O–H groups in total.